The SMILES string of the molecule is CC(C)N(CCCC(=O)O)C(=O)C(NC(=O)OCC1c2ccccc2-c2ccccc21)C1CCC1. The second-order valence-corrected chi connectivity index (χ2v) is 9.76. The van der Waals surface area contributed by atoms with Crippen LogP contribution in [0.4, 0.5) is 4.79 Å². The van der Waals surface area contributed by atoms with Gasteiger partial charge in [0.2, 0.25) is 5.91 Å². The number of hydrogen-bond acceptors (Lipinski definition) is 4. The standard InChI is InChI=1S/C28H34N2O5/c1-18(2)30(16-8-15-25(31)32)27(33)26(19-9-7-10-19)29-28(34)35-17-24-22-13-5-3-11-20(22)21-12-4-6-14-23(21)24/h3-6,11-14,18-19,24,26H,7-10,15-17H2,1-2H3,(H,29,34)(H,31,32). The zero-order chi connectivity index (χ0) is 24.9. The van der Waals surface area contributed by atoms with Crippen molar-refractivity contribution in [1.82, 2.24) is 10.2 Å². The van der Waals surface area contributed by atoms with Crippen molar-refractivity contribution in [3.05, 3.63) is 59.7 Å². The van der Waals surface area contributed by atoms with E-state index in [0.717, 1.165) is 41.5 Å². The van der Waals surface area contributed by atoms with Crippen LogP contribution in [-0.4, -0.2) is 53.2 Å². The zero-order valence-electron chi connectivity index (χ0n) is 20.4. The smallest absolute Gasteiger partial charge is 0.407 e. The topological polar surface area (TPSA) is 95.9 Å². The van der Waals surface area contributed by atoms with Gasteiger partial charge in [-0.15, -0.1) is 0 Å². The van der Waals surface area contributed by atoms with Crippen LogP contribution >= 0.6 is 0 Å². The molecule has 2 aromatic carbocycles. The number of hydrogen-bond donors (Lipinski definition) is 2. The maximum atomic E-state index is 13.4. The molecule has 35 heavy (non-hydrogen) atoms. The molecule has 2 N–H and O–H groups in total. The van der Waals surface area contributed by atoms with E-state index in [1.165, 1.54) is 0 Å². The molecule has 1 unspecified atom stereocenters. The number of fused-ring (bicyclic) bond motifs is 3. The molecule has 7 nitrogen and oxygen atoms in total. The Bertz CT molecular complexity index is 1030. The Morgan fingerprint density at radius 2 is 1.63 bits per heavy atom. The van der Waals surface area contributed by atoms with E-state index < -0.39 is 18.1 Å². The Labute approximate surface area is 206 Å². The summed E-state index contributed by atoms with van der Waals surface area (Å²) in [7, 11) is 0. The van der Waals surface area contributed by atoms with E-state index in [2.05, 4.69) is 29.6 Å². The molecule has 0 spiro atoms. The third-order valence-electron chi connectivity index (χ3n) is 7.20. The maximum absolute atomic E-state index is 13.4. The van der Waals surface area contributed by atoms with Crippen LogP contribution in [0.15, 0.2) is 48.5 Å². The van der Waals surface area contributed by atoms with Gasteiger partial charge in [-0.25, -0.2) is 4.79 Å². The van der Waals surface area contributed by atoms with Crippen LogP contribution in [0.25, 0.3) is 11.1 Å². The van der Waals surface area contributed by atoms with Crippen LogP contribution in [0.1, 0.15) is 63.0 Å². The molecule has 1 saturated carbocycles. The summed E-state index contributed by atoms with van der Waals surface area (Å²) in [4.78, 5) is 38.9. The highest BCUT2D eigenvalue weighted by molar-refractivity contribution is 5.86. The molecule has 7 heteroatoms. The summed E-state index contributed by atoms with van der Waals surface area (Å²) in [5.74, 6) is -1.02. The minimum absolute atomic E-state index is 0.00437. The average Bonchev–Trinajstić information content (AvgIpc) is 3.12. The first kappa shape index (κ1) is 24.8. The van der Waals surface area contributed by atoms with Gasteiger partial charge in [0, 0.05) is 24.9 Å². The molecular weight excluding hydrogens is 444 g/mol. The Morgan fingerprint density at radius 1 is 1.03 bits per heavy atom. The summed E-state index contributed by atoms with van der Waals surface area (Å²) in [6.45, 7) is 4.35. The molecule has 4 rings (SSSR count). The summed E-state index contributed by atoms with van der Waals surface area (Å²) in [6.07, 6.45) is 2.57. The summed E-state index contributed by atoms with van der Waals surface area (Å²) >= 11 is 0. The lowest BCUT2D eigenvalue weighted by molar-refractivity contribution is -0.140. The number of rotatable bonds is 10. The number of carbonyl (C=O) groups is 3. The number of ether oxygens (including phenoxy) is 1. The molecule has 2 aliphatic rings. The molecule has 0 radical (unpaired) electrons. The lowest BCUT2D eigenvalue weighted by Crippen LogP contribution is -2.55. The number of carboxylic acids is 1. The number of aliphatic carboxylic acids is 1. The molecule has 2 aromatic rings. The lowest BCUT2D eigenvalue weighted by atomic mass is 9.79. The average molecular weight is 479 g/mol. The highest BCUT2D eigenvalue weighted by Gasteiger charge is 2.38. The van der Waals surface area contributed by atoms with Gasteiger partial charge >= 0.3 is 12.1 Å². The van der Waals surface area contributed by atoms with Gasteiger partial charge in [-0.05, 0) is 61.3 Å². The molecule has 186 valence electrons. The Kier molecular flexibility index (Phi) is 7.73. The molecular formula is C28H34N2O5. The monoisotopic (exact) mass is 478 g/mol. The van der Waals surface area contributed by atoms with Gasteiger partial charge < -0.3 is 20.1 Å². The molecule has 0 heterocycles. The number of nitrogens with one attached hydrogen (secondary N) is 1. The van der Waals surface area contributed by atoms with Crippen molar-refractivity contribution in [2.24, 2.45) is 5.92 Å². The maximum Gasteiger partial charge on any atom is 0.407 e. The highest BCUT2D eigenvalue weighted by Crippen LogP contribution is 2.44. The van der Waals surface area contributed by atoms with Crippen molar-refractivity contribution in [2.75, 3.05) is 13.2 Å². The normalized spacial score (nSPS) is 15.6. The van der Waals surface area contributed by atoms with Crippen molar-refractivity contribution in [1.29, 1.82) is 0 Å². The minimum Gasteiger partial charge on any atom is -0.481 e. The Hall–Kier alpha value is -3.35. The third-order valence-corrected chi connectivity index (χ3v) is 7.20. The molecule has 0 saturated heterocycles. The first-order chi connectivity index (χ1) is 16.9. The van der Waals surface area contributed by atoms with E-state index in [1.807, 2.05) is 38.1 Å². The highest BCUT2D eigenvalue weighted by atomic mass is 16.5. The summed E-state index contributed by atoms with van der Waals surface area (Å²) in [5.41, 5.74) is 4.59. The van der Waals surface area contributed by atoms with E-state index in [-0.39, 0.29) is 36.8 Å². The number of carbonyl (C=O) groups excluding carboxylic acids is 2. The van der Waals surface area contributed by atoms with Gasteiger partial charge in [0.1, 0.15) is 12.6 Å². The molecule has 2 amide bonds. The number of alkyl carbamates (subject to hydrolysis) is 1. The first-order valence-electron chi connectivity index (χ1n) is 12.5. The largest absolute Gasteiger partial charge is 0.481 e. The Morgan fingerprint density at radius 3 is 2.14 bits per heavy atom. The van der Waals surface area contributed by atoms with Crippen LogP contribution in [0.5, 0.6) is 0 Å². The third kappa shape index (κ3) is 5.50. The summed E-state index contributed by atoms with van der Waals surface area (Å²) in [5, 5.41) is 11.8. The molecule has 1 atom stereocenters. The predicted molar refractivity (Wildman–Crippen MR) is 133 cm³/mol. The number of amides is 2. The van der Waals surface area contributed by atoms with Gasteiger partial charge in [0.15, 0.2) is 0 Å². The van der Waals surface area contributed by atoms with Gasteiger partial charge in [-0.1, -0.05) is 55.0 Å². The van der Waals surface area contributed by atoms with Crippen LogP contribution in [0, 0.1) is 5.92 Å². The second kappa shape index (κ2) is 10.9. The van der Waals surface area contributed by atoms with Crippen molar-refractivity contribution >= 4 is 18.0 Å². The number of benzene rings is 2. The van der Waals surface area contributed by atoms with E-state index in [0.29, 0.717) is 13.0 Å². The molecule has 1 fully saturated rings. The van der Waals surface area contributed by atoms with Gasteiger partial charge in [-0.2, -0.15) is 0 Å². The van der Waals surface area contributed by atoms with Crippen molar-refractivity contribution in [3.8, 4) is 11.1 Å². The van der Waals surface area contributed by atoms with Gasteiger partial charge in [-0.3, -0.25) is 9.59 Å². The minimum atomic E-state index is -0.881. The number of carboxylic acid groups (broad SMARTS) is 1. The fraction of sp³-hybridized carbons (Fsp3) is 0.464. The van der Waals surface area contributed by atoms with Crippen molar-refractivity contribution in [3.63, 3.8) is 0 Å². The lowest BCUT2D eigenvalue weighted by Gasteiger charge is -2.37. The van der Waals surface area contributed by atoms with E-state index >= 15 is 0 Å². The quantitative estimate of drug-likeness (QED) is 0.512. The first-order valence-corrected chi connectivity index (χ1v) is 12.5. The van der Waals surface area contributed by atoms with Gasteiger partial charge in [0.25, 0.3) is 0 Å². The van der Waals surface area contributed by atoms with E-state index in [9.17, 15) is 14.4 Å². The fourth-order valence-corrected chi connectivity index (χ4v) is 5.12. The van der Waals surface area contributed by atoms with Gasteiger partial charge in [0.05, 0.1) is 0 Å². The zero-order valence-corrected chi connectivity index (χ0v) is 20.4. The molecule has 0 aromatic heterocycles. The summed E-state index contributed by atoms with van der Waals surface area (Å²) in [6, 6.07) is 15.6. The van der Waals surface area contributed by atoms with Crippen LogP contribution in [0.2, 0.25) is 0 Å². The molecule has 2 aliphatic carbocycles. The van der Waals surface area contributed by atoms with E-state index in [4.69, 9.17) is 9.84 Å². The molecule has 0 aliphatic heterocycles. The predicted octanol–water partition coefficient (Wildman–Crippen LogP) is 4.80. The number of nitrogens with zero attached hydrogens (tertiary/aromatic N) is 1. The molecule has 0 bridgehead atoms. The Balaban J connectivity index is 1.42. The van der Waals surface area contributed by atoms with E-state index in [1.54, 1.807) is 4.90 Å². The fourth-order valence-electron chi connectivity index (χ4n) is 5.12. The van der Waals surface area contributed by atoms with Crippen LogP contribution in [0.3, 0.4) is 0 Å². The second-order valence-electron chi connectivity index (χ2n) is 9.76. The van der Waals surface area contributed by atoms with Crippen LogP contribution < -0.4 is 5.32 Å². The van der Waals surface area contributed by atoms with Crippen molar-refractivity contribution < 1.29 is 24.2 Å². The summed E-state index contributed by atoms with van der Waals surface area (Å²) < 4.78 is 5.69. The van der Waals surface area contributed by atoms with Crippen molar-refractivity contribution in [2.45, 2.75) is 64.0 Å². The van der Waals surface area contributed by atoms with Crippen LogP contribution in [-0.2, 0) is 14.3 Å².